The zero-order valence-electron chi connectivity index (χ0n) is 18.5. The van der Waals surface area contributed by atoms with Crippen molar-refractivity contribution in [2.45, 2.75) is 31.6 Å². The molecule has 1 fully saturated rings. The topological polar surface area (TPSA) is 84.9 Å². The van der Waals surface area contributed by atoms with Gasteiger partial charge in [-0.25, -0.2) is 12.7 Å². The Morgan fingerprint density at radius 2 is 1.88 bits per heavy atom. The van der Waals surface area contributed by atoms with Crippen LogP contribution in [0.25, 0.3) is 0 Å². The van der Waals surface area contributed by atoms with Crippen molar-refractivity contribution in [2.24, 2.45) is 5.92 Å². The predicted octanol–water partition coefficient (Wildman–Crippen LogP) is 3.78. The molecule has 1 amide bonds. The van der Waals surface area contributed by atoms with Gasteiger partial charge in [-0.05, 0) is 55.7 Å². The third kappa shape index (κ3) is 5.94. The lowest BCUT2D eigenvalue weighted by Gasteiger charge is -2.31. The van der Waals surface area contributed by atoms with Gasteiger partial charge in [0.15, 0.2) is 0 Å². The van der Waals surface area contributed by atoms with Crippen LogP contribution in [-0.2, 0) is 20.6 Å². The van der Waals surface area contributed by atoms with Crippen LogP contribution in [0.2, 0.25) is 5.02 Å². The highest BCUT2D eigenvalue weighted by molar-refractivity contribution is 7.88. The molecule has 0 radical (unpaired) electrons. The van der Waals surface area contributed by atoms with Crippen LogP contribution >= 0.6 is 11.6 Å². The van der Waals surface area contributed by atoms with Crippen LogP contribution in [-0.4, -0.2) is 45.9 Å². The molecule has 0 unspecified atom stereocenters. The minimum Gasteiger partial charge on any atom is -0.497 e. The summed E-state index contributed by atoms with van der Waals surface area (Å²) in [6.07, 6.45) is 0.950. The number of rotatable bonds is 8. The third-order valence-electron chi connectivity index (χ3n) is 5.72. The number of nitrogens with zero attached hydrogens (tertiary/aromatic N) is 1. The molecule has 0 saturated carbocycles. The zero-order valence-corrected chi connectivity index (χ0v) is 20.1. The second-order valence-corrected chi connectivity index (χ2v) is 10.3. The molecule has 2 aromatic rings. The summed E-state index contributed by atoms with van der Waals surface area (Å²) in [5.41, 5.74) is 1.47. The Bertz CT molecular complexity index is 1050. The van der Waals surface area contributed by atoms with Crippen LogP contribution in [0.3, 0.4) is 0 Å². The lowest BCUT2D eigenvalue weighted by atomic mass is 9.96. The van der Waals surface area contributed by atoms with Crippen molar-refractivity contribution < 1.29 is 22.7 Å². The number of ether oxygens (including phenoxy) is 2. The molecule has 2 aromatic carbocycles. The van der Waals surface area contributed by atoms with E-state index in [2.05, 4.69) is 5.32 Å². The summed E-state index contributed by atoms with van der Waals surface area (Å²) >= 11 is 5.97. The molecule has 7 nitrogen and oxygen atoms in total. The van der Waals surface area contributed by atoms with E-state index in [-0.39, 0.29) is 23.6 Å². The van der Waals surface area contributed by atoms with Gasteiger partial charge in [0.2, 0.25) is 15.9 Å². The lowest BCUT2D eigenvalue weighted by Crippen LogP contribution is -2.43. The molecule has 9 heteroatoms. The van der Waals surface area contributed by atoms with Crippen LogP contribution < -0.4 is 14.8 Å². The maximum absolute atomic E-state index is 12.9. The maximum atomic E-state index is 12.9. The molecule has 1 N–H and O–H groups in total. The summed E-state index contributed by atoms with van der Waals surface area (Å²) in [6.45, 7) is 2.52. The number of hydrogen-bond acceptors (Lipinski definition) is 5. The van der Waals surface area contributed by atoms with E-state index in [4.69, 9.17) is 21.1 Å². The van der Waals surface area contributed by atoms with E-state index < -0.39 is 10.0 Å². The predicted molar refractivity (Wildman–Crippen MR) is 124 cm³/mol. The number of piperidine rings is 1. The number of nitrogens with one attached hydrogen (secondary N) is 1. The highest BCUT2D eigenvalue weighted by atomic mass is 35.5. The summed E-state index contributed by atoms with van der Waals surface area (Å²) in [5.74, 6) is 0.915. The first kappa shape index (κ1) is 24.4. The fraction of sp³-hybridized carbons (Fsp3) is 0.435. The number of amides is 1. The van der Waals surface area contributed by atoms with Gasteiger partial charge < -0.3 is 14.8 Å². The van der Waals surface area contributed by atoms with E-state index in [1.165, 1.54) is 4.31 Å². The average Bonchev–Trinajstić information content (AvgIpc) is 2.78. The molecule has 3 rings (SSSR count). The zero-order chi connectivity index (χ0) is 23.3. The summed E-state index contributed by atoms with van der Waals surface area (Å²) in [6, 6.07) is 12.0. The van der Waals surface area contributed by atoms with E-state index >= 15 is 0 Å². The molecule has 0 aliphatic carbocycles. The highest BCUT2D eigenvalue weighted by Gasteiger charge is 2.32. The molecule has 1 saturated heterocycles. The summed E-state index contributed by atoms with van der Waals surface area (Å²) in [5, 5.41) is 3.54. The summed E-state index contributed by atoms with van der Waals surface area (Å²) in [4.78, 5) is 12.9. The minimum atomic E-state index is -3.47. The van der Waals surface area contributed by atoms with Crippen molar-refractivity contribution in [3.8, 4) is 11.5 Å². The van der Waals surface area contributed by atoms with Gasteiger partial charge in [0.05, 0.1) is 26.0 Å². The quantitative estimate of drug-likeness (QED) is 0.621. The van der Waals surface area contributed by atoms with Gasteiger partial charge >= 0.3 is 0 Å². The Morgan fingerprint density at radius 3 is 2.50 bits per heavy atom. The Morgan fingerprint density at radius 1 is 1.16 bits per heavy atom. The van der Waals surface area contributed by atoms with Crippen LogP contribution in [0.5, 0.6) is 11.5 Å². The van der Waals surface area contributed by atoms with Gasteiger partial charge in [-0.2, -0.15) is 0 Å². The number of sulfonamides is 1. The third-order valence-corrected chi connectivity index (χ3v) is 7.80. The Balaban J connectivity index is 1.58. The number of benzene rings is 2. The van der Waals surface area contributed by atoms with Gasteiger partial charge in [-0.1, -0.05) is 23.7 Å². The van der Waals surface area contributed by atoms with E-state index in [0.717, 1.165) is 5.56 Å². The SMILES string of the molecule is COc1ccc(OC)c([C@@H](C)NC(=O)C2CCN(S(=O)(=O)Cc3cccc(Cl)c3)CC2)c1. The fourth-order valence-corrected chi connectivity index (χ4v) is 5.68. The molecule has 1 aliphatic heterocycles. The van der Waals surface area contributed by atoms with E-state index in [0.29, 0.717) is 48.0 Å². The maximum Gasteiger partial charge on any atom is 0.223 e. The van der Waals surface area contributed by atoms with Crippen LogP contribution in [0, 0.1) is 5.92 Å². The molecule has 1 atom stereocenters. The normalized spacial score (nSPS) is 16.4. The van der Waals surface area contributed by atoms with Crippen molar-refractivity contribution >= 4 is 27.5 Å². The molecule has 0 aromatic heterocycles. The van der Waals surface area contributed by atoms with E-state index in [1.54, 1.807) is 50.6 Å². The van der Waals surface area contributed by atoms with Crippen molar-refractivity contribution in [1.29, 1.82) is 0 Å². The monoisotopic (exact) mass is 480 g/mol. The molecule has 0 bridgehead atoms. The van der Waals surface area contributed by atoms with E-state index in [1.807, 2.05) is 13.0 Å². The van der Waals surface area contributed by atoms with Crippen molar-refractivity contribution in [2.75, 3.05) is 27.3 Å². The Hall–Kier alpha value is -2.29. The molecule has 1 heterocycles. The second-order valence-electron chi connectivity index (χ2n) is 7.90. The number of carbonyl (C=O) groups is 1. The van der Waals surface area contributed by atoms with Gasteiger partial charge in [0.1, 0.15) is 11.5 Å². The smallest absolute Gasteiger partial charge is 0.223 e. The first-order valence-corrected chi connectivity index (χ1v) is 12.5. The van der Waals surface area contributed by atoms with Crippen LogP contribution in [0.15, 0.2) is 42.5 Å². The van der Waals surface area contributed by atoms with Gasteiger partial charge in [0, 0.05) is 29.6 Å². The highest BCUT2D eigenvalue weighted by Crippen LogP contribution is 2.30. The molecule has 32 heavy (non-hydrogen) atoms. The molecule has 174 valence electrons. The number of methoxy groups -OCH3 is 2. The van der Waals surface area contributed by atoms with Gasteiger partial charge in [-0.3, -0.25) is 4.79 Å². The molecule has 1 aliphatic rings. The minimum absolute atomic E-state index is 0.0886. The van der Waals surface area contributed by atoms with Gasteiger partial charge in [0.25, 0.3) is 0 Å². The van der Waals surface area contributed by atoms with Crippen molar-refractivity contribution in [3.05, 3.63) is 58.6 Å². The fourth-order valence-electron chi connectivity index (χ4n) is 3.91. The van der Waals surface area contributed by atoms with Crippen molar-refractivity contribution in [1.82, 2.24) is 9.62 Å². The second kappa shape index (κ2) is 10.6. The summed E-state index contributed by atoms with van der Waals surface area (Å²) in [7, 11) is -0.303. The van der Waals surface area contributed by atoms with E-state index in [9.17, 15) is 13.2 Å². The Labute approximate surface area is 194 Å². The standard InChI is InChI=1S/C23H29ClN2O5S/c1-16(21-14-20(30-2)7-8-22(21)31-3)25-23(27)18-9-11-26(12-10-18)32(28,29)15-17-5-4-6-19(24)13-17/h4-8,13-14,16,18H,9-12,15H2,1-3H3,(H,25,27)/t16-/m1/s1. The first-order valence-electron chi connectivity index (χ1n) is 10.5. The lowest BCUT2D eigenvalue weighted by molar-refractivity contribution is -0.126. The average molecular weight is 481 g/mol. The number of hydrogen-bond donors (Lipinski definition) is 1. The number of halogens is 1. The van der Waals surface area contributed by atoms with Crippen molar-refractivity contribution in [3.63, 3.8) is 0 Å². The molecular formula is C23H29ClN2O5S. The first-order chi connectivity index (χ1) is 15.2. The number of carbonyl (C=O) groups excluding carboxylic acids is 1. The Kier molecular flexibility index (Phi) is 8.03. The largest absolute Gasteiger partial charge is 0.497 e. The summed E-state index contributed by atoms with van der Waals surface area (Å²) < 4.78 is 37.7. The van der Waals surface area contributed by atoms with Crippen LogP contribution in [0.4, 0.5) is 0 Å². The molecular weight excluding hydrogens is 452 g/mol. The van der Waals surface area contributed by atoms with Gasteiger partial charge in [-0.15, -0.1) is 0 Å². The molecule has 0 spiro atoms. The van der Waals surface area contributed by atoms with Crippen LogP contribution in [0.1, 0.15) is 36.9 Å².